The van der Waals surface area contributed by atoms with Crippen LogP contribution in [0.3, 0.4) is 0 Å². The summed E-state index contributed by atoms with van der Waals surface area (Å²) in [6.07, 6.45) is 2.51. The Bertz CT molecular complexity index is 764. The van der Waals surface area contributed by atoms with Crippen LogP contribution in [0.2, 0.25) is 0 Å². The van der Waals surface area contributed by atoms with Crippen LogP contribution >= 0.6 is 0 Å². The monoisotopic (exact) mass is 352 g/mol. The highest BCUT2D eigenvalue weighted by atomic mass is 16.5. The van der Waals surface area contributed by atoms with E-state index in [1.165, 1.54) is 24.1 Å². The summed E-state index contributed by atoms with van der Waals surface area (Å²) in [5.41, 5.74) is 4.36. The van der Waals surface area contributed by atoms with Gasteiger partial charge in [-0.2, -0.15) is 0 Å². The van der Waals surface area contributed by atoms with E-state index in [-0.39, 0.29) is 12.5 Å². The van der Waals surface area contributed by atoms with Gasteiger partial charge in [0.25, 0.3) is 5.91 Å². The minimum Gasteiger partial charge on any atom is -0.484 e. The maximum atomic E-state index is 12.3. The Labute approximate surface area is 156 Å². The predicted octanol–water partition coefficient (Wildman–Crippen LogP) is 4.74. The molecule has 1 N–H and O–H groups in total. The van der Waals surface area contributed by atoms with E-state index in [0.29, 0.717) is 5.92 Å². The molecule has 138 valence electrons. The molecule has 3 rings (SSSR count). The first kappa shape index (κ1) is 18.3. The zero-order valence-corrected chi connectivity index (χ0v) is 15.9. The highest BCUT2D eigenvalue weighted by Gasteiger charge is 2.14. The van der Waals surface area contributed by atoms with Crippen molar-refractivity contribution < 1.29 is 9.53 Å². The van der Waals surface area contributed by atoms with Gasteiger partial charge in [-0.25, -0.2) is 0 Å². The first-order valence-corrected chi connectivity index (χ1v) is 9.41. The van der Waals surface area contributed by atoms with E-state index in [4.69, 9.17) is 4.74 Å². The molecule has 4 heteroatoms. The zero-order chi connectivity index (χ0) is 18.5. The zero-order valence-electron chi connectivity index (χ0n) is 15.9. The van der Waals surface area contributed by atoms with Crippen LogP contribution in [-0.4, -0.2) is 25.6 Å². The van der Waals surface area contributed by atoms with Gasteiger partial charge in [-0.05, 0) is 67.1 Å². The topological polar surface area (TPSA) is 41.6 Å². The molecule has 0 spiro atoms. The maximum Gasteiger partial charge on any atom is 0.262 e. The lowest BCUT2D eigenvalue weighted by Gasteiger charge is -2.19. The van der Waals surface area contributed by atoms with Gasteiger partial charge in [0, 0.05) is 24.5 Å². The van der Waals surface area contributed by atoms with Crippen molar-refractivity contribution in [1.82, 2.24) is 0 Å². The third-order valence-electron chi connectivity index (χ3n) is 4.85. The maximum absolute atomic E-state index is 12.3. The van der Waals surface area contributed by atoms with Gasteiger partial charge in [-0.15, -0.1) is 0 Å². The summed E-state index contributed by atoms with van der Waals surface area (Å²) in [6.45, 7) is 8.56. The molecule has 1 amide bonds. The van der Waals surface area contributed by atoms with Crippen LogP contribution in [0.4, 0.5) is 11.4 Å². The molecule has 0 saturated carbocycles. The van der Waals surface area contributed by atoms with E-state index in [0.717, 1.165) is 30.1 Å². The molecular weight excluding hydrogens is 324 g/mol. The molecule has 2 aromatic rings. The summed E-state index contributed by atoms with van der Waals surface area (Å²) in [4.78, 5) is 14.6. The molecule has 0 unspecified atom stereocenters. The lowest BCUT2D eigenvalue weighted by Crippen LogP contribution is -2.21. The van der Waals surface area contributed by atoms with Gasteiger partial charge >= 0.3 is 0 Å². The number of ether oxygens (including phenoxy) is 1. The fraction of sp³-hybridized carbons (Fsp3) is 0.409. The second kappa shape index (κ2) is 8.26. The largest absolute Gasteiger partial charge is 0.484 e. The van der Waals surface area contributed by atoms with Crippen LogP contribution in [0, 0.1) is 6.92 Å². The molecule has 0 aromatic heterocycles. The third kappa shape index (κ3) is 4.57. The first-order chi connectivity index (χ1) is 12.5. The van der Waals surface area contributed by atoms with Crippen LogP contribution < -0.4 is 15.0 Å². The van der Waals surface area contributed by atoms with Crippen LogP contribution in [0.1, 0.15) is 43.7 Å². The van der Waals surface area contributed by atoms with Gasteiger partial charge in [0.1, 0.15) is 5.75 Å². The molecule has 0 atom stereocenters. The number of carbonyl (C=O) groups excluding carboxylic acids is 1. The molecule has 1 fully saturated rings. The molecule has 4 nitrogen and oxygen atoms in total. The normalized spacial score (nSPS) is 13.9. The van der Waals surface area contributed by atoms with E-state index in [2.05, 4.69) is 42.3 Å². The van der Waals surface area contributed by atoms with E-state index in [9.17, 15) is 4.79 Å². The van der Waals surface area contributed by atoms with Gasteiger partial charge in [-0.1, -0.05) is 26.0 Å². The summed E-state index contributed by atoms with van der Waals surface area (Å²) in [6, 6.07) is 14.1. The van der Waals surface area contributed by atoms with Crippen molar-refractivity contribution in [2.75, 3.05) is 29.9 Å². The Morgan fingerprint density at radius 1 is 1.15 bits per heavy atom. The van der Waals surface area contributed by atoms with E-state index in [1.54, 1.807) is 0 Å². The van der Waals surface area contributed by atoms with E-state index < -0.39 is 0 Å². The molecular formula is C22H28N2O2. The summed E-state index contributed by atoms with van der Waals surface area (Å²) in [5.74, 6) is 1.02. The first-order valence-electron chi connectivity index (χ1n) is 9.41. The average molecular weight is 352 g/mol. The number of carbonyl (C=O) groups is 1. The molecule has 26 heavy (non-hydrogen) atoms. The minimum atomic E-state index is -0.142. The predicted molar refractivity (Wildman–Crippen MR) is 107 cm³/mol. The fourth-order valence-electron chi connectivity index (χ4n) is 3.26. The number of hydrogen-bond donors (Lipinski definition) is 1. The number of amides is 1. The standard InChI is InChI=1S/C22H28N2O2/c1-16(2)18-7-6-8-20(14-18)26-15-22(25)23-21-10-9-19(13-17(21)3)24-11-4-5-12-24/h6-10,13-14,16H,4-5,11-12,15H2,1-3H3,(H,23,25). The van der Waals surface area contributed by atoms with Crippen molar-refractivity contribution in [3.05, 3.63) is 53.6 Å². The lowest BCUT2D eigenvalue weighted by atomic mass is 10.0. The van der Waals surface area contributed by atoms with E-state index in [1.807, 2.05) is 31.2 Å². The van der Waals surface area contributed by atoms with Gasteiger partial charge in [0.05, 0.1) is 0 Å². The van der Waals surface area contributed by atoms with Crippen LogP contribution in [0.25, 0.3) is 0 Å². The average Bonchev–Trinajstić information content (AvgIpc) is 3.16. The van der Waals surface area contributed by atoms with Crippen molar-refractivity contribution in [2.24, 2.45) is 0 Å². The highest BCUT2D eigenvalue weighted by Crippen LogP contribution is 2.25. The van der Waals surface area contributed by atoms with Crippen molar-refractivity contribution >= 4 is 17.3 Å². The summed E-state index contributed by atoms with van der Waals surface area (Å²) < 4.78 is 5.66. The van der Waals surface area contributed by atoms with Crippen molar-refractivity contribution in [2.45, 2.75) is 39.5 Å². The SMILES string of the molecule is Cc1cc(N2CCCC2)ccc1NC(=O)COc1cccc(C(C)C)c1. The molecule has 1 aliphatic rings. The Balaban J connectivity index is 1.57. The number of rotatable bonds is 6. The highest BCUT2D eigenvalue weighted by molar-refractivity contribution is 5.92. The summed E-state index contributed by atoms with van der Waals surface area (Å²) in [7, 11) is 0. The molecule has 1 heterocycles. The van der Waals surface area contributed by atoms with Crippen LogP contribution in [-0.2, 0) is 4.79 Å². The number of anilines is 2. The second-order valence-electron chi connectivity index (χ2n) is 7.26. The minimum absolute atomic E-state index is 0.00879. The molecule has 1 saturated heterocycles. The van der Waals surface area contributed by atoms with Gasteiger partial charge in [-0.3, -0.25) is 4.79 Å². The number of nitrogens with zero attached hydrogens (tertiary/aromatic N) is 1. The van der Waals surface area contributed by atoms with Gasteiger partial charge in [0.2, 0.25) is 0 Å². The Hall–Kier alpha value is -2.49. The number of benzene rings is 2. The summed E-state index contributed by atoms with van der Waals surface area (Å²) in [5, 5.41) is 2.95. The van der Waals surface area contributed by atoms with Crippen molar-refractivity contribution in [3.8, 4) is 5.75 Å². The lowest BCUT2D eigenvalue weighted by molar-refractivity contribution is -0.118. The van der Waals surface area contributed by atoms with E-state index >= 15 is 0 Å². The molecule has 2 aromatic carbocycles. The third-order valence-corrected chi connectivity index (χ3v) is 4.85. The fourth-order valence-corrected chi connectivity index (χ4v) is 3.26. The smallest absolute Gasteiger partial charge is 0.262 e. The molecule has 1 aliphatic heterocycles. The number of hydrogen-bond acceptors (Lipinski definition) is 3. The van der Waals surface area contributed by atoms with Crippen LogP contribution in [0.5, 0.6) is 5.75 Å². The Morgan fingerprint density at radius 2 is 1.92 bits per heavy atom. The molecule has 0 aliphatic carbocycles. The molecule has 0 bridgehead atoms. The van der Waals surface area contributed by atoms with Crippen molar-refractivity contribution in [3.63, 3.8) is 0 Å². The van der Waals surface area contributed by atoms with Gasteiger partial charge < -0.3 is 15.0 Å². The number of aryl methyl sites for hydroxylation is 1. The quantitative estimate of drug-likeness (QED) is 0.817. The Kier molecular flexibility index (Phi) is 5.82. The van der Waals surface area contributed by atoms with Gasteiger partial charge in [0.15, 0.2) is 6.61 Å². The van der Waals surface area contributed by atoms with Crippen molar-refractivity contribution in [1.29, 1.82) is 0 Å². The Morgan fingerprint density at radius 3 is 2.62 bits per heavy atom. The van der Waals surface area contributed by atoms with Crippen LogP contribution in [0.15, 0.2) is 42.5 Å². The number of nitrogens with one attached hydrogen (secondary N) is 1. The second-order valence-corrected chi connectivity index (χ2v) is 7.26. The molecule has 0 radical (unpaired) electrons. The summed E-state index contributed by atoms with van der Waals surface area (Å²) >= 11 is 0.